The van der Waals surface area contributed by atoms with Gasteiger partial charge in [-0.05, 0) is 55.0 Å². The van der Waals surface area contributed by atoms with Gasteiger partial charge in [0, 0.05) is 19.2 Å². The topological polar surface area (TPSA) is 108 Å². The Morgan fingerprint density at radius 3 is 2.61 bits per heavy atom. The van der Waals surface area contributed by atoms with E-state index in [2.05, 4.69) is 32.8 Å². The van der Waals surface area contributed by atoms with Gasteiger partial charge in [0.15, 0.2) is 0 Å². The molecule has 0 spiro atoms. The largest absolute Gasteiger partial charge is 0.388 e. The van der Waals surface area contributed by atoms with Crippen LogP contribution >= 0.6 is 0 Å². The molecule has 2 aromatic heterocycles. The van der Waals surface area contributed by atoms with Crippen molar-refractivity contribution in [1.82, 2.24) is 30.0 Å². The smallest absolute Gasteiger partial charge is 0.277 e. The molecule has 33 heavy (non-hydrogen) atoms. The lowest BCUT2D eigenvalue weighted by Gasteiger charge is -2.28. The van der Waals surface area contributed by atoms with E-state index in [0.717, 1.165) is 33.5 Å². The molecule has 9 heteroatoms. The molecule has 1 aliphatic rings. The van der Waals surface area contributed by atoms with Gasteiger partial charge in [-0.3, -0.25) is 9.48 Å². The Kier molecular flexibility index (Phi) is 5.51. The zero-order valence-electron chi connectivity index (χ0n) is 18.9. The second kappa shape index (κ2) is 8.49. The number of aliphatic hydroxyl groups excluding tert-OH is 1. The molecule has 1 N–H and O–H groups in total. The van der Waals surface area contributed by atoms with Crippen molar-refractivity contribution in [2.45, 2.75) is 38.8 Å². The molecule has 4 aromatic rings. The molecule has 1 saturated heterocycles. The third-order valence-corrected chi connectivity index (χ3v) is 6.50. The molecule has 9 nitrogen and oxygen atoms in total. The van der Waals surface area contributed by atoms with Gasteiger partial charge >= 0.3 is 0 Å². The van der Waals surface area contributed by atoms with E-state index in [1.807, 2.05) is 45.3 Å². The fourth-order valence-corrected chi connectivity index (χ4v) is 4.41. The van der Waals surface area contributed by atoms with Crippen LogP contribution in [-0.2, 0) is 18.2 Å². The quantitative estimate of drug-likeness (QED) is 0.512. The van der Waals surface area contributed by atoms with Gasteiger partial charge in [0.1, 0.15) is 11.2 Å². The minimum Gasteiger partial charge on any atom is -0.388 e. The van der Waals surface area contributed by atoms with Crippen LogP contribution in [0.15, 0.2) is 41.3 Å². The number of benzene rings is 2. The zero-order valence-corrected chi connectivity index (χ0v) is 18.9. The Bertz CT molecular complexity index is 1380. The van der Waals surface area contributed by atoms with Crippen molar-refractivity contribution in [1.29, 1.82) is 0 Å². The Balaban J connectivity index is 1.51. The molecule has 0 aliphatic carbocycles. The molecular formula is C24H26N6O3. The van der Waals surface area contributed by atoms with Crippen molar-refractivity contribution in [3.8, 4) is 11.3 Å². The number of hydrogen-bond donors (Lipinski definition) is 1. The van der Waals surface area contributed by atoms with Crippen LogP contribution in [0.3, 0.4) is 0 Å². The molecule has 0 amide bonds. The Hall–Kier alpha value is -3.43. The first-order valence-corrected chi connectivity index (χ1v) is 11.0. The minimum atomic E-state index is -0.776. The van der Waals surface area contributed by atoms with Crippen molar-refractivity contribution < 1.29 is 9.84 Å². The molecule has 3 heterocycles. The number of aryl methyl sites for hydroxylation is 2. The van der Waals surface area contributed by atoms with E-state index in [4.69, 9.17) is 4.74 Å². The molecule has 170 valence electrons. The normalized spacial score (nSPS) is 18.7. The first kappa shape index (κ1) is 21.4. The number of rotatable bonds is 4. The summed E-state index contributed by atoms with van der Waals surface area (Å²) in [6.45, 7) is 4.70. The fraction of sp³-hybridized carbons (Fsp3) is 0.375. The van der Waals surface area contributed by atoms with E-state index in [0.29, 0.717) is 30.4 Å². The van der Waals surface area contributed by atoms with Gasteiger partial charge < -0.3 is 9.84 Å². The lowest BCUT2D eigenvalue weighted by atomic mass is 9.94. The highest BCUT2D eigenvalue weighted by Crippen LogP contribution is 2.26. The molecule has 0 saturated carbocycles. The van der Waals surface area contributed by atoms with Gasteiger partial charge in [0.2, 0.25) is 0 Å². The number of ether oxygens (including phenoxy) is 1. The van der Waals surface area contributed by atoms with E-state index in [1.54, 1.807) is 4.68 Å². The number of aliphatic hydroxyl groups is 1. The number of nitrogens with zero attached hydrogens (tertiary/aromatic N) is 6. The molecule has 1 aliphatic heterocycles. The minimum absolute atomic E-state index is 0.194. The van der Waals surface area contributed by atoms with E-state index in [-0.39, 0.29) is 12.2 Å². The van der Waals surface area contributed by atoms with Gasteiger partial charge in [-0.25, -0.2) is 4.68 Å². The summed E-state index contributed by atoms with van der Waals surface area (Å²) in [7, 11) is 1.84. The number of aromatic nitrogens is 6. The average molecular weight is 447 g/mol. The average Bonchev–Trinajstić information content (AvgIpc) is 3.25. The second-order valence-corrected chi connectivity index (χ2v) is 8.67. The highest BCUT2D eigenvalue weighted by atomic mass is 16.5. The zero-order chi connectivity index (χ0) is 23.1. The maximum absolute atomic E-state index is 13.3. The Morgan fingerprint density at radius 1 is 1.12 bits per heavy atom. The van der Waals surface area contributed by atoms with Gasteiger partial charge in [0.25, 0.3) is 5.56 Å². The van der Waals surface area contributed by atoms with Crippen molar-refractivity contribution in [3.05, 3.63) is 69.1 Å². The van der Waals surface area contributed by atoms with Crippen molar-refractivity contribution in [2.75, 3.05) is 13.2 Å². The van der Waals surface area contributed by atoms with Crippen molar-refractivity contribution in [3.63, 3.8) is 0 Å². The maximum atomic E-state index is 13.3. The SMILES string of the molecule is Cc1c(Cc2ccc(-c3cn(C)nn3)cc2)cc2c(=O)n([C@H]3CCOC[C@@H]3O)nnc2c1C. The van der Waals surface area contributed by atoms with Gasteiger partial charge in [0.05, 0.1) is 30.3 Å². The maximum Gasteiger partial charge on any atom is 0.277 e. The predicted octanol–water partition coefficient (Wildman–Crippen LogP) is 2.12. The van der Waals surface area contributed by atoms with Crippen molar-refractivity contribution in [2.24, 2.45) is 7.05 Å². The standard InChI is InChI=1S/C24H26N6O3/c1-14-15(2)23-19(24(32)30(28-26-23)21-8-9-33-13-22(21)31)11-18(14)10-16-4-6-17(7-5-16)20-12-29(3)27-25-20/h4-7,11-12,21-22,31H,8-10,13H2,1-3H3/t21-,22-/m0/s1. The molecular weight excluding hydrogens is 420 g/mol. The van der Waals surface area contributed by atoms with Crippen LogP contribution in [0, 0.1) is 13.8 Å². The van der Waals surface area contributed by atoms with Gasteiger partial charge in [-0.2, -0.15) is 0 Å². The van der Waals surface area contributed by atoms with E-state index in [1.165, 1.54) is 4.68 Å². The summed E-state index contributed by atoms with van der Waals surface area (Å²) in [5.41, 5.74) is 6.46. The predicted molar refractivity (Wildman–Crippen MR) is 123 cm³/mol. The highest BCUT2D eigenvalue weighted by Gasteiger charge is 2.28. The second-order valence-electron chi connectivity index (χ2n) is 8.67. The summed E-state index contributed by atoms with van der Waals surface area (Å²) in [5, 5.41) is 27.5. The summed E-state index contributed by atoms with van der Waals surface area (Å²) >= 11 is 0. The summed E-state index contributed by atoms with van der Waals surface area (Å²) in [6.07, 6.45) is 2.32. The summed E-state index contributed by atoms with van der Waals surface area (Å²) in [5.74, 6) is 0. The lowest BCUT2D eigenvalue weighted by Crippen LogP contribution is -2.40. The first-order valence-electron chi connectivity index (χ1n) is 11.0. The molecule has 1 fully saturated rings. The van der Waals surface area contributed by atoms with E-state index >= 15 is 0 Å². The first-order chi connectivity index (χ1) is 15.9. The van der Waals surface area contributed by atoms with Crippen LogP contribution in [0.25, 0.3) is 22.2 Å². The van der Waals surface area contributed by atoms with Crippen LogP contribution in [0.1, 0.15) is 34.7 Å². The fourth-order valence-electron chi connectivity index (χ4n) is 4.41. The van der Waals surface area contributed by atoms with Crippen LogP contribution in [-0.4, -0.2) is 54.4 Å². The number of fused-ring (bicyclic) bond motifs is 1. The molecule has 0 unspecified atom stereocenters. The molecule has 2 atom stereocenters. The number of hydrogen-bond acceptors (Lipinski definition) is 7. The molecule has 5 rings (SSSR count). The van der Waals surface area contributed by atoms with E-state index in [9.17, 15) is 9.90 Å². The third-order valence-electron chi connectivity index (χ3n) is 6.50. The highest BCUT2D eigenvalue weighted by molar-refractivity contribution is 5.82. The van der Waals surface area contributed by atoms with Gasteiger partial charge in [-0.1, -0.05) is 34.7 Å². The molecule has 0 radical (unpaired) electrons. The monoisotopic (exact) mass is 446 g/mol. The van der Waals surface area contributed by atoms with Crippen LogP contribution < -0.4 is 5.56 Å². The molecule has 0 bridgehead atoms. The van der Waals surface area contributed by atoms with Crippen molar-refractivity contribution >= 4 is 10.9 Å². The Labute approximate surface area is 190 Å². The Morgan fingerprint density at radius 2 is 1.91 bits per heavy atom. The lowest BCUT2D eigenvalue weighted by molar-refractivity contribution is -0.0434. The summed E-state index contributed by atoms with van der Waals surface area (Å²) < 4.78 is 8.30. The summed E-state index contributed by atoms with van der Waals surface area (Å²) in [6, 6.07) is 9.71. The van der Waals surface area contributed by atoms with Gasteiger partial charge in [-0.15, -0.1) is 10.2 Å². The van der Waals surface area contributed by atoms with E-state index < -0.39 is 12.1 Å². The third kappa shape index (κ3) is 3.94. The molecule has 2 aromatic carbocycles. The summed E-state index contributed by atoms with van der Waals surface area (Å²) in [4.78, 5) is 13.3. The van der Waals surface area contributed by atoms with Crippen LogP contribution in [0.2, 0.25) is 0 Å². The van der Waals surface area contributed by atoms with Crippen LogP contribution in [0.5, 0.6) is 0 Å². The van der Waals surface area contributed by atoms with Crippen LogP contribution in [0.4, 0.5) is 0 Å².